The first kappa shape index (κ1) is 22.0. The molecule has 0 saturated carbocycles. The summed E-state index contributed by atoms with van der Waals surface area (Å²) in [4.78, 5) is 33.3. The molecule has 0 bridgehead atoms. The molecule has 31 heavy (non-hydrogen) atoms. The van der Waals surface area contributed by atoms with E-state index in [1.807, 2.05) is 25.1 Å². The average Bonchev–Trinajstić information content (AvgIpc) is 3.05. The molecule has 0 atom stereocenters. The molecule has 1 aromatic carbocycles. The van der Waals surface area contributed by atoms with E-state index in [-0.39, 0.29) is 11.5 Å². The number of aromatic nitrogens is 1. The number of thioether (sulfide) groups is 1. The first-order valence-electron chi connectivity index (χ1n) is 10.8. The number of hydrogen-bond acceptors (Lipinski definition) is 6. The number of aryl methyl sites for hydroxylation is 1. The third kappa shape index (κ3) is 4.04. The zero-order valence-electron chi connectivity index (χ0n) is 18.3. The smallest absolute Gasteiger partial charge is 0.266 e. The SMILES string of the molecule is CCCN1C(=O)C(=Cc2c(N3CCN(CC)CC3)c3ccccc3n(C)c2=O)SC1=S. The van der Waals surface area contributed by atoms with Crippen LogP contribution in [-0.4, -0.2) is 63.9 Å². The van der Waals surface area contributed by atoms with Crippen LogP contribution in [0.25, 0.3) is 17.0 Å². The molecule has 1 aromatic heterocycles. The van der Waals surface area contributed by atoms with Crippen LogP contribution in [-0.2, 0) is 11.8 Å². The predicted octanol–water partition coefficient (Wildman–Crippen LogP) is 3.29. The van der Waals surface area contributed by atoms with Crippen molar-refractivity contribution in [3.63, 3.8) is 0 Å². The van der Waals surface area contributed by atoms with Gasteiger partial charge in [-0.25, -0.2) is 0 Å². The summed E-state index contributed by atoms with van der Waals surface area (Å²) < 4.78 is 2.24. The second kappa shape index (κ2) is 9.14. The van der Waals surface area contributed by atoms with E-state index in [0.29, 0.717) is 21.3 Å². The van der Waals surface area contributed by atoms with Gasteiger partial charge in [0.05, 0.1) is 21.7 Å². The fourth-order valence-electron chi connectivity index (χ4n) is 4.31. The molecule has 2 fully saturated rings. The summed E-state index contributed by atoms with van der Waals surface area (Å²) in [5.41, 5.74) is 2.31. The van der Waals surface area contributed by atoms with E-state index in [0.717, 1.165) is 55.7 Å². The van der Waals surface area contributed by atoms with Crippen LogP contribution in [0, 0.1) is 0 Å². The van der Waals surface area contributed by atoms with Gasteiger partial charge in [-0.1, -0.05) is 56.0 Å². The highest BCUT2D eigenvalue weighted by Gasteiger charge is 2.32. The van der Waals surface area contributed by atoms with Crippen LogP contribution in [0.4, 0.5) is 5.69 Å². The average molecular weight is 457 g/mol. The highest BCUT2D eigenvalue weighted by atomic mass is 32.2. The Kier molecular flexibility index (Phi) is 6.50. The number of rotatable bonds is 5. The quantitative estimate of drug-likeness (QED) is 0.508. The maximum atomic E-state index is 13.5. The third-order valence-corrected chi connectivity index (χ3v) is 7.42. The number of pyridine rings is 1. The van der Waals surface area contributed by atoms with Crippen LogP contribution in [0.15, 0.2) is 34.0 Å². The minimum atomic E-state index is -0.103. The zero-order chi connectivity index (χ0) is 22.1. The molecule has 0 radical (unpaired) electrons. The number of anilines is 1. The molecule has 0 unspecified atom stereocenters. The Morgan fingerprint density at radius 1 is 1.10 bits per heavy atom. The van der Waals surface area contributed by atoms with Gasteiger partial charge < -0.3 is 14.4 Å². The van der Waals surface area contributed by atoms with Crippen LogP contribution >= 0.6 is 24.0 Å². The predicted molar refractivity (Wildman–Crippen MR) is 134 cm³/mol. The molecule has 2 aromatic rings. The summed E-state index contributed by atoms with van der Waals surface area (Å²) in [6, 6.07) is 8.00. The number of benzene rings is 1. The van der Waals surface area contributed by atoms with E-state index in [2.05, 4.69) is 22.8 Å². The maximum absolute atomic E-state index is 13.5. The number of thiocarbonyl (C=S) groups is 1. The van der Waals surface area contributed by atoms with Crippen LogP contribution in [0.5, 0.6) is 0 Å². The minimum Gasteiger partial charge on any atom is -0.368 e. The Morgan fingerprint density at radius 2 is 1.81 bits per heavy atom. The van der Waals surface area contributed by atoms with Gasteiger partial charge in [-0.05, 0) is 25.1 Å². The first-order valence-corrected chi connectivity index (χ1v) is 12.0. The molecule has 164 valence electrons. The number of piperazine rings is 1. The van der Waals surface area contributed by atoms with E-state index in [1.165, 1.54) is 11.8 Å². The van der Waals surface area contributed by atoms with Crippen LogP contribution in [0.2, 0.25) is 0 Å². The van der Waals surface area contributed by atoms with E-state index in [9.17, 15) is 9.59 Å². The number of carbonyl (C=O) groups is 1. The number of hydrogen-bond donors (Lipinski definition) is 0. The molecule has 2 aliphatic rings. The van der Waals surface area contributed by atoms with Gasteiger partial charge in [-0.2, -0.15) is 0 Å². The van der Waals surface area contributed by atoms with Gasteiger partial charge in [0.25, 0.3) is 11.5 Å². The number of carbonyl (C=O) groups excluding carboxylic acids is 1. The largest absolute Gasteiger partial charge is 0.368 e. The summed E-state index contributed by atoms with van der Waals surface area (Å²) >= 11 is 6.71. The standard InChI is InChI=1S/C23H28N4O2S2/c1-4-10-27-22(29)19(31-23(27)30)15-17-20(26-13-11-25(5-2)12-14-26)16-8-6-7-9-18(16)24(3)21(17)28/h6-9,15H,4-5,10-14H2,1-3H3. The fourth-order valence-corrected chi connectivity index (χ4v) is 5.60. The van der Waals surface area contributed by atoms with Crippen molar-refractivity contribution >= 4 is 56.9 Å². The van der Waals surface area contributed by atoms with Gasteiger partial charge in [0.2, 0.25) is 0 Å². The molecule has 2 saturated heterocycles. The number of nitrogens with zero attached hydrogens (tertiary/aromatic N) is 4. The van der Waals surface area contributed by atoms with Crippen molar-refractivity contribution in [1.29, 1.82) is 0 Å². The number of likely N-dealkylation sites (N-methyl/N-ethyl adjacent to an activating group) is 1. The Hall–Kier alpha value is -2.16. The second-order valence-corrected chi connectivity index (χ2v) is 9.57. The summed E-state index contributed by atoms with van der Waals surface area (Å²) in [6.07, 6.45) is 2.61. The third-order valence-electron chi connectivity index (χ3n) is 6.04. The lowest BCUT2D eigenvalue weighted by molar-refractivity contribution is -0.122. The highest BCUT2D eigenvalue weighted by Crippen LogP contribution is 2.36. The van der Waals surface area contributed by atoms with Gasteiger partial charge in [-0.15, -0.1) is 0 Å². The van der Waals surface area contributed by atoms with E-state index in [1.54, 1.807) is 22.6 Å². The molecule has 0 N–H and O–H groups in total. The lowest BCUT2D eigenvalue weighted by atomic mass is 10.1. The van der Waals surface area contributed by atoms with Crippen molar-refractivity contribution in [2.75, 3.05) is 44.2 Å². The number of para-hydroxylation sites is 1. The zero-order valence-corrected chi connectivity index (χ0v) is 19.9. The molecular weight excluding hydrogens is 428 g/mol. The number of fused-ring (bicyclic) bond motifs is 1. The van der Waals surface area contributed by atoms with Gasteiger partial charge in [-0.3, -0.25) is 14.5 Å². The van der Waals surface area contributed by atoms with Crippen molar-refractivity contribution in [3.05, 3.63) is 45.1 Å². The van der Waals surface area contributed by atoms with E-state index >= 15 is 0 Å². The molecule has 0 aliphatic carbocycles. The van der Waals surface area contributed by atoms with E-state index in [4.69, 9.17) is 12.2 Å². The molecule has 8 heteroatoms. The van der Waals surface area contributed by atoms with Crippen molar-refractivity contribution in [2.24, 2.45) is 7.05 Å². The molecular formula is C23H28N4O2S2. The molecule has 6 nitrogen and oxygen atoms in total. The van der Waals surface area contributed by atoms with E-state index < -0.39 is 0 Å². The first-order chi connectivity index (χ1) is 15.0. The summed E-state index contributed by atoms with van der Waals surface area (Å²) in [5.74, 6) is -0.103. The minimum absolute atomic E-state index is 0.0904. The molecule has 3 heterocycles. The molecule has 1 amide bonds. The second-order valence-electron chi connectivity index (χ2n) is 7.90. The van der Waals surface area contributed by atoms with Crippen molar-refractivity contribution in [1.82, 2.24) is 14.4 Å². The van der Waals surface area contributed by atoms with Gasteiger partial charge in [0, 0.05) is 45.2 Å². The van der Waals surface area contributed by atoms with Crippen molar-refractivity contribution in [3.8, 4) is 0 Å². The van der Waals surface area contributed by atoms with Crippen LogP contribution in [0.1, 0.15) is 25.8 Å². The topological polar surface area (TPSA) is 48.8 Å². The Labute approximate surface area is 192 Å². The lowest BCUT2D eigenvalue weighted by Gasteiger charge is -2.37. The lowest BCUT2D eigenvalue weighted by Crippen LogP contribution is -2.47. The van der Waals surface area contributed by atoms with Gasteiger partial charge in [0.1, 0.15) is 4.32 Å². The number of amides is 1. The summed E-state index contributed by atoms with van der Waals surface area (Å²) in [7, 11) is 1.79. The van der Waals surface area contributed by atoms with Crippen LogP contribution in [0.3, 0.4) is 0 Å². The van der Waals surface area contributed by atoms with Gasteiger partial charge in [0.15, 0.2) is 0 Å². The van der Waals surface area contributed by atoms with Crippen LogP contribution < -0.4 is 10.5 Å². The molecule has 2 aliphatic heterocycles. The summed E-state index contributed by atoms with van der Waals surface area (Å²) in [6.45, 7) is 9.44. The molecule has 0 spiro atoms. The fraction of sp³-hybridized carbons (Fsp3) is 0.435. The molecule has 4 rings (SSSR count). The van der Waals surface area contributed by atoms with Gasteiger partial charge >= 0.3 is 0 Å². The monoisotopic (exact) mass is 456 g/mol. The summed E-state index contributed by atoms with van der Waals surface area (Å²) in [5, 5.41) is 1.03. The van der Waals surface area contributed by atoms with Crippen molar-refractivity contribution in [2.45, 2.75) is 20.3 Å². The maximum Gasteiger partial charge on any atom is 0.266 e. The highest BCUT2D eigenvalue weighted by molar-refractivity contribution is 8.26. The Morgan fingerprint density at radius 3 is 2.48 bits per heavy atom. The normalized spacial score (nSPS) is 19.3. The van der Waals surface area contributed by atoms with Crippen molar-refractivity contribution < 1.29 is 4.79 Å². The Balaban J connectivity index is 1.87. The Bertz CT molecular complexity index is 1120.